The lowest BCUT2D eigenvalue weighted by Crippen LogP contribution is -2.16. The fourth-order valence-electron chi connectivity index (χ4n) is 3.33. The van der Waals surface area contributed by atoms with E-state index >= 15 is 0 Å². The number of hydrogen-bond donors (Lipinski definition) is 2. The van der Waals surface area contributed by atoms with Gasteiger partial charge < -0.3 is 19.0 Å². The summed E-state index contributed by atoms with van der Waals surface area (Å²) in [7, 11) is 1.48. The van der Waals surface area contributed by atoms with E-state index in [2.05, 4.69) is 26.5 Å². The van der Waals surface area contributed by atoms with Gasteiger partial charge in [0.1, 0.15) is 12.2 Å². The molecule has 0 unspecified atom stereocenters. The van der Waals surface area contributed by atoms with E-state index in [1.54, 1.807) is 24.3 Å². The van der Waals surface area contributed by atoms with Crippen LogP contribution in [0.15, 0.2) is 74.7 Å². The quantitative estimate of drug-likeness (QED) is 0.160. The molecule has 0 aliphatic carbocycles. The molecule has 0 saturated heterocycles. The second kappa shape index (κ2) is 10.9. The van der Waals surface area contributed by atoms with Crippen LogP contribution in [0, 0.1) is 10.1 Å². The van der Waals surface area contributed by atoms with Gasteiger partial charge in [-0.1, -0.05) is 12.1 Å². The first-order valence-electron chi connectivity index (χ1n) is 10.6. The molecule has 0 aliphatic rings. The third kappa shape index (κ3) is 5.93. The number of carbonyl (C=O) groups is 2. The number of halogens is 1. The first kappa shape index (κ1) is 25.4. The number of benzene rings is 3. The molecule has 0 bridgehead atoms. The zero-order chi connectivity index (χ0) is 26.5. The predicted molar refractivity (Wildman–Crippen MR) is 136 cm³/mol. The van der Waals surface area contributed by atoms with Crippen molar-refractivity contribution < 1.29 is 33.5 Å². The smallest absolute Gasteiger partial charge is 0.335 e. The molecular formula is C25H18BrN3O8. The number of amides is 1. The maximum atomic E-state index is 12.4. The van der Waals surface area contributed by atoms with Crippen molar-refractivity contribution in [1.82, 2.24) is 5.43 Å². The molecule has 1 aromatic heterocycles. The van der Waals surface area contributed by atoms with Crippen LogP contribution in [-0.2, 0) is 6.61 Å². The molecule has 4 rings (SSSR count). The molecule has 0 aliphatic heterocycles. The van der Waals surface area contributed by atoms with Gasteiger partial charge in [0.25, 0.3) is 5.69 Å². The van der Waals surface area contributed by atoms with Gasteiger partial charge >= 0.3 is 11.9 Å². The Kier molecular flexibility index (Phi) is 7.49. The van der Waals surface area contributed by atoms with Crippen molar-refractivity contribution in [2.75, 3.05) is 7.11 Å². The molecule has 1 amide bonds. The predicted octanol–water partition coefficient (Wildman–Crippen LogP) is 5.15. The van der Waals surface area contributed by atoms with E-state index in [0.29, 0.717) is 32.5 Å². The minimum atomic E-state index is -1.01. The number of nitro benzene ring substituents is 1. The Balaban J connectivity index is 1.43. The second-order valence-electron chi connectivity index (χ2n) is 7.61. The molecule has 0 radical (unpaired) electrons. The number of nitrogens with zero attached hydrogens (tertiary/aromatic N) is 2. The van der Waals surface area contributed by atoms with Gasteiger partial charge in [0.15, 0.2) is 17.3 Å². The minimum absolute atomic E-state index is 0.0495. The maximum Gasteiger partial charge on any atom is 0.335 e. The fraction of sp³-hybridized carbons (Fsp3) is 0.0800. The Morgan fingerprint density at radius 3 is 2.59 bits per heavy atom. The number of nitro groups is 1. The number of rotatable bonds is 9. The molecule has 4 aromatic rings. The Morgan fingerprint density at radius 2 is 1.92 bits per heavy atom. The van der Waals surface area contributed by atoms with Crippen molar-refractivity contribution in [2.24, 2.45) is 5.10 Å². The van der Waals surface area contributed by atoms with Gasteiger partial charge in [-0.15, -0.1) is 0 Å². The molecule has 37 heavy (non-hydrogen) atoms. The number of hydrazone groups is 1. The normalized spacial score (nSPS) is 11.0. The molecule has 0 spiro atoms. The molecule has 0 atom stereocenters. The highest BCUT2D eigenvalue weighted by molar-refractivity contribution is 9.10. The highest BCUT2D eigenvalue weighted by atomic mass is 79.9. The zero-order valence-electron chi connectivity index (χ0n) is 19.1. The SMILES string of the molecule is COc1cc(/C=N\NC(=O)c2cc3cc([N+](=O)[O-])ccc3o2)cc(Br)c1OCc1ccc(C(=O)O)cc1. The standard InChI is InChI=1S/C25H18BrN3O8/c1-35-21-9-15(8-19(26)23(21)36-13-14-2-4-16(5-3-14)25(31)32)12-27-28-24(30)22-11-17-10-18(29(33)34)6-7-20(17)37-22/h2-12H,13H2,1H3,(H,28,30)(H,31,32)/b27-12-. The number of nitrogens with one attached hydrogen (secondary N) is 1. The molecule has 12 heteroatoms. The average Bonchev–Trinajstić information content (AvgIpc) is 3.31. The summed E-state index contributed by atoms with van der Waals surface area (Å²) in [5.74, 6) is -0.846. The maximum absolute atomic E-state index is 12.4. The van der Waals surface area contributed by atoms with Crippen LogP contribution in [0.4, 0.5) is 5.69 Å². The van der Waals surface area contributed by atoms with E-state index in [0.717, 1.165) is 5.56 Å². The van der Waals surface area contributed by atoms with Crippen molar-refractivity contribution in [2.45, 2.75) is 6.61 Å². The molecule has 188 valence electrons. The number of carboxylic acids is 1. The van der Waals surface area contributed by atoms with Gasteiger partial charge in [-0.2, -0.15) is 5.10 Å². The summed E-state index contributed by atoms with van der Waals surface area (Å²) in [6.45, 7) is 0.180. The molecule has 11 nitrogen and oxygen atoms in total. The van der Waals surface area contributed by atoms with Crippen molar-refractivity contribution >= 4 is 50.7 Å². The van der Waals surface area contributed by atoms with Crippen LogP contribution < -0.4 is 14.9 Å². The van der Waals surface area contributed by atoms with Crippen molar-refractivity contribution in [3.05, 3.63) is 97.7 Å². The molecule has 1 heterocycles. The largest absolute Gasteiger partial charge is 0.493 e. The Bertz CT molecular complexity index is 1530. The molecular weight excluding hydrogens is 550 g/mol. The Labute approximate surface area is 217 Å². The van der Waals surface area contributed by atoms with Crippen LogP contribution in [-0.4, -0.2) is 35.2 Å². The second-order valence-corrected chi connectivity index (χ2v) is 8.47. The van der Waals surface area contributed by atoms with E-state index in [-0.39, 0.29) is 23.6 Å². The van der Waals surface area contributed by atoms with Crippen molar-refractivity contribution in [3.63, 3.8) is 0 Å². The first-order chi connectivity index (χ1) is 17.7. The number of hydrogen-bond acceptors (Lipinski definition) is 8. The zero-order valence-corrected chi connectivity index (χ0v) is 20.7. The first-order valence-corrected chi connectivity index (χ1v) is 11.4. The minimum Gasteiger partial charge on any atom is -0.493 e. The summed E-state index contributed by atoms with van der Waals surface area (Å²) < 4.78 is 17.3. The van der Waals surface area contributed by atoms with Crippen LogP contribution in [0.2, 0.25) is 0 Å². The van der Waals surface area contributed by atoms with E-state index < -0.39 is 16.8 Å². The van der Waals surface area contributed by atoms with Crippen LogP contribution in [0.1, 0.15) is 32.0 Å². The van der Waals surface area contributed by atoms with Crippen LogP contribution in [0.5, 0.6) is 11.5 Å². The topological polar surface area (TPSA) is 154 Å². The van der Waals surface area contributed by atoms with E-state index in [4.69, 9.17) is 19.0 Å². The van der Waals surface area contributed by atoms with Crippen LogP contribution in [0.25, 0.3) is 11.0 Å². The van der Waals surface area contributed by atoms with Crippen molar-refractivity contribution in [3.8, 4) is 11.5 Å². The highest BCUT2D eigenvalue weighted by Crippen LogP contribution is 2.37. The summed E-state index contributed by atoms with van der Waals surface area (Å²) in [6, 6.07) is 15.1. The number of ether oxygens (including phenoxy) is 2. The Morgan fingerprint density at radius 1 is 1.16 bits per heavy atom. The number of carbonyl (C=O) groups excluding carboxylic acids is 1. The third-order valence-corrected chi connectivity index (χ3v) is 5.74. The van der Waals surface area contributed by atoms with Gasteiger partial charge in [-0.25, -0.2) is 10.2 Å². The van der Waals surface area contributed by atoms with E-state index in [9.17, 15) is 19.7 Å². The van der Waals surface area contributed by atoms with Gasteiger partial charge in [-0.3, -0.25) is 14.9 Å². The number of methoxy groups -OCH3 is 1. The van der Waals surface area contributed by atoms with Crippen LogP contribution in [0.3, 0.4) is 0 Å². The molecule has 2 N–H and O–H groups in total. The van der Waals surface area contributed by atoms with Gasteiger partial charge in [0.05, 0.1) is 28.3 Å². The summed E-state index contributed by atoms with van der Waals surface area (Å²) in [6.07, 6.45) is 1.40. The molecule has 0 saturated carbocycles. The van der Waals surface area contributed by atoms with E-state index in [1.165, 1.54) is 49.7 Å². The summed E-state index contributed by atoms with van der Waals surface area (Å²) in [5.41, 5.74) is 4.11. The molecule has 3 aromatic carbocycles. The lowest BCUT2D eigenvalue weighted by molar-refractivity contribution is -0.384. The van der Waals surface area contributed by atoms with Gasteiger partial charge in [-0.05, 0) is 63.5 Å². The summed E-state index contributed by atoms with van der Waals surface area (Å²) >= 11 is 3.44. The number of aromatic carboxylic acids is 1. The lowest BCUT2D eigenvalue weighted by Gasteiger charge is -2.13. The van der Waals surface area contributed by atoms with Crippen molar-refractivity contribution in [1.29, 1.82) is 0 Å². The monoisotopic (exact) mass is 567 g/mol. The third-order valence-electron chi connectivity index (χ3n) is 5.15. The number of furan rings is 1. The highest BCUT2D eigenvalue weighted by Gasteiger charge is 2.15. The average molecular weight is 568 g/mol. The van der Waals surface area contributed by atoms with Gasteiger partial charge in [0, 0.05) is 17.5 Å². The summed E-state index contributed by atoms with van der Waals surface area (Å²) in [5, 5.41) is 24.3. The fourth-order valence-corrected chi connectivity index (χ4v) is 3.90. The Hall–Kier alpha value is -4.71. The van der Waals surface area contributed by atoms with Gasteiger partial charge in [0.2, 0.25) is 0 Å². The summed E-state index contributed by atoms with van der Waals surface area (Å²) in [4.78, 5) is 33.8. The van der Waals surface area contributed by atoms with E-state index in [1.807, 2.05) is 0 Å². The number of carboxylic acid groups (broad SMARTS) is 1. The lowest BCUT2D eigenvalue weighted by atomic mass is 10.1. The molecule has 0 fully saturated rings. The van der Waals surface area contributed by atoms with Crippen LogP contribution >= 0.6 is 15.9 Å². The number of fused-ring (bicyclic) bond motifs is 1. The number of non-ortho nitro benzene ring substituents is 1.